The van der Waals surface area contributed by atoms with Gasteiger partial charge in [0.15, 0.2) is 0 Å². The van der Waals surface area contributed by atoms with Gasteiger partial charge in [0.25, 0.3) is 0 Å². The van der Waals surface area contributed by atoms with Crippen molar-refractivity contribution in [1.82, 2.24) is 5.32 Å². The first-order valence-corrected chi connectivity index (χ1v) is 10.2. The normalized spacial score (nSPS) is 25.4. The second-order valence-corrected chi connectivity index (χ2v) is 8.28. The quantitative estimate of drug-likeness (QED) is 0.669. The molecule has 1 fully saturated rings. The van der Waals surface area contributed by atoms with Crippen molar-refractivity contribution in [2.24, 2.45) is 0 Å². The van der Waals surface area contributed by atoms with E-state index in [2.05, 4.69) is 50.4 Å². The summed E-state index contributed by atoms with van der Waals surface area (Å²) in [5, 5.41) is 13.5. The van der Waals surface area contributed by atoms with Crippen LogP contribution < -0.4 is 5.32 Å². The highest BCUT2D eigenvalue weighted by molar-refractivity contribution is 5.32. The Labute approximate surface area is 163 Å². The average Bonchev–Trinajstić information content (AvgIpc) is 2.67. The van der Waals surface area contributed by atoms with Crippen LogP contribution in [0.25, 0.3) is 0 Å². The molecule has 1 aliphatic rings. The van der Waals surface area contributed by atoms with Gasteiger partial charge in [0.1, 0.15) is 5.75 Å². The van der Waals surface area contributed by atoms with Crippen LogP contribution in [-0.4, -0.2) is 23.9 Å². The maximum atomic E-state index is 9.96. The zero-order chi connectivity index (χ0) is 19.3. The molecule has 0 aliphatic carbocycles. The standard InChI is InChI=1S/C24H33NO2/c1-4-23(3)18-24(14-16-27-23,21-11-9-19(2)10-12-21)13-15-25-17-20-7-5-6-8-22(20)26/h5-12,25-26H,4,13-18H2,1-3H3/t23-,24+/m0/s1. The van der Waals surface area contributed by atoms with E-state index in [4.69, 9.17) is 4.74 Å². The lowest BCUT2D eigenvalue weighted by molar-refractivity contribution is -0.0979. The number of rotatable bonds is 7. The molecule has 0 aromatic heterocycles. The molecule has 27 heavy (non-hydrogen) atoms. The summed E-state index contributed by atoms with van der Waals surface area (Å²) < 4.78 is 6.15. The highest BCUT2D eigenvalue weighted by Crippen LogP contribution is 2.45. The smallest absolute Gasteiger partial charge is 0.120 e. The molecule has 2 aromatic carbocycles. The molecular weight excluding hydrogens is 334 g/mol. The van der Waals surface area contributed by atoms with Crippen molar-refractivity contribution in [3.8, 4) is 5.75 Å². The van der Waals surface area contributed by atoms with E-state index in [-0.39, 0.29) is 11.0 Å². The second-order valence-electron chi connectivity index (χ2n) is 8.28. The van der Waals surface area contributed by atoms with Crippen molar-refractivity contribution in [2.75, 3.05) is 13.2 Å². The number of benzene rings is 2. The monoisotopic (exact) mass is 367 g/mol. The molecule has 0 bridgehead atoms. The Morgan fingerprint density at radius 1 is 1.11 bits per heavy atom. The van der Waals surface area contributed by atoms with Crippen LogP contribution in [0.15, 0.2) is 48.5 Å². The number of aryl methyl sites for hydroxylation is 1. The van der Waals surface area contributed by atoms with Crippen LogP contribution in [-0.2, 0) is 16.7 Å². The van der Waals surface area contributed by atoms with Crippen molar-refractivity contribution in [3.05, 3.63) is 65.2 Å². The summed E-state index contributed by atoms with van der Waals surface area (Å²) in [4.78, 5) is 0. The minimum absolute atomic E-state index is 0.0547. The fraction of sp³-hybridized carbons (Fsp3) is 0.500. The molecule has 0 radical (unpaired) electrons. The third kappa shape index (κ3) is 4.72. The fourth-order valence-corrected chi connectivity index (χ4v) is 4.30. The molecule has 3 heteroatoms. The largest absolute Gasteiger partial charge is 0.508 e. The van der Waals surface area contributed by atoms with Crippen LogP contribution in [0.3, 0.4) is 0 Å². The van der Waals surface area contributed by atoms with Crippen molar-refractivity contribution in [2.45, 2.75) is 64.0 Å². The van der Waals surface area contributed by atoms with Crippen LogP contribution in [0.1, 0.15) is 56.2 Å². The van der Waals surface area contributed by atoms with E-state index in [1.54, 1.807) is 6.07 Å². The van der Waals surface area contributed by atoms with Crippen LogP contribution in [0.5, 0.6) is 5.75 Å². The summed E-state index contributed by atoms with van der Waals surface area (Å²) in [5.41, 5.74) is 3.77. The number of aromatic hydroxyl groups is 1. The van der Waals surface area contributed by atoms with Gasteiger partial charge in [-0.05, 0) is 57.7 Å². The van der Waals surface area contributed by atoms with E-state index in [1.807, 2.05) is 18.2 Å². The van der Waals surface area contributed by atoms with E-state index in [0.717, 1.165) is 44.4 Å². The number of phenolic OH excluding ortho intramolecular Hbond substituents is 1. The zero-order valence-electron chi connectivity index (χ0n) is 16.9. The van der Waals surface area contributed by atoms with Crippen LogP contribution in [0.2, 0.25) is 0 Å². The van der Waals surface area contributed by atoms with Gasteiger partial charge < -0.3 is 15.2 Å². The van der Waals surface area contributed by atoms with Gasteiger partial charge in [0, 0.05) is 24.1 Å². The lowest BCUT2D eigenvalue weighted by Gasteiger charge is -2.47. The van der Waals surface area contributed by atoms with Crippen molar-refractivity contribution >= 4 is 0 Å². The fourth-order valence-electron chi connectivity index (χ4n) is 4.30. The molecule has 1 aliphatic heterocycles. The van der Waals surface area contributed by atoms with Gasteiger partial charge in [-0.25, -0.2) is 0 Å². The number of phenols is 1. The molecule has 2 aromatic rings. The van der Waals surface area contributed by atoms with Gasteiger partial charge in [-0.15, -0.1) is 0 Å². The molecule has 1 heterocycles. The van der Waals surface area contributed by atoms with Gasteiger partial charge in [0.05, 0.1) is 5.60 Å². The Balaban J connectivity index is 1.72. The maximum absolute atomic E-state index is 9.96. The highest BCUT2D eigenvalue weighted by Gasteiger charge is 2.43. The molecule has 3 nitrogen and oxygen atoms in total. The molecule has 0 saturated carbocycles. The van der Waals surface area contributed by atoms with Crippen molar-refractivity contribution in [1.29, 1.82) is 0 Å². The zero-order valence-corrected chi connectivity index (χ0v) is 16.9. The molecule has 2 atom stereocenters. The van der Waals surface area contributed by atoms with E-state index >= 15 is 0 Å². The van der Waals surface area contributed by atoms with Gasteiger partial charge in [0.2, 0.25) is 0 Å². The average molecular weight is 368 g/mol. The van der Waals surface area contributed by atoms with Gasteiger partial charge in [-0.3, -0.25) is 0 Å². The Bertz CT molecular complexity index is 742. The van der Waals surface area contributed by atoms with Crippen LogP contribution in [0.4, 0.5) is 0 Å². The predicted octanol–water partition coefficient (Wildman–Crippen LogP) is 5.10. The van der Waals surface area contributed by atoms with E-state index in [0.29, 0.717) is 12.3 Å². The highest BCUT2D eigenvalue weighted by atomic mass is 16.5. The minimum Gasteiger partial charge on any atom is -0.508 e. The van der Waals surface area contributed by atoms with E-state index in [1.165, 1.54) is 11.1 Å². The molecule has 1 saturated heterocycles. The number of hydrogen-bond acceptors (Lipinski definition) is 3. The molecule has 2 N–H and O–H groups in total. The summed E-state index contributed by atoms with van der Waals surface area (Å²) >= 11 is 0. The lowest BCUT2D eigenvalue weighted by atomic mass is 9.66. The summed E-state index contributed by atoms with van der Waals surface area (Å²) in [6, 6.07) is 16.6. The topological polar surface area (TPSA) is 41.5 Å². The lowest BCUT2D eigenvalue weighted by Crippen LogP contribution is -2.46. The number of nitrogens with one attached hydrogen (secondary N) is 1. The second kappa shape index (κ2) is 8.45. The number of hydrogen-bond donors (Lipinski definition) is 2. The molecule has 0 spiro atoms. The van der Waals surface area contributed by atoms with E-state index < -0.39 is 0 Å². The Kier molecular flexibility index (Phi) is 6.23. The first-order valence-electron chi connectivity index (χ1n) is 10.2. The van der Waals surface area contributed by atoms with Crippen molar-refractivity contribution in [3.63, 3.8) is 0 Å². The molecule has 0 amide bonds. The Morgan fingerprint density at radius 3 is 2.56 bits per heavy atom. The van der Waals surface area contributed by atoms with E-state index in [9.17, 15) is 5.11 Å². The summed E-state index contributed by atoms with van der Waals surface area (Å²) in [7, 11) is 0. The summed E-state index contributed by atoms with van der Waals surface area (Å²) in [6.07, 6.45) is 4.22. The van der Waals surface area contributed by atoms with Crippen LogP contribution >= 0.6 is 0 Å². The SMILES string of the molecule is CC[C@@]1(C)C[C@](CCNCc2ccccc2O)(c2ccc(C)cc2)CCO1. The van der Waals surface area contributed by atoms with Gasteiger partial charge >= 0.3 is 0 Å². The summed E-state index contributed by atoms with van der Waals surface area (Å²) in [5.74, 6) is 0.364. The number of para-hydroxylation sites is 1. The third-order valence-electron chi connectivity index (χ3n) is 6.24. The Morgan fingerprint density at radius 2 is 1.85 bits per heavy atom. The van der Waals surface area contributed by atoms with Crippen molar-refractivity contribution < 1.29 is 9.84 Å². The molecular formula is C24H33NO2. The third-order valence-corrected chi connectivity index (χ3v) is 6.24. The Hall–Kier alpha value is -1.84. The molecule has 3 rings (SSSR count). The first kappa shape index (κ1) is 19.9. The van der Waals surface area contributed by atoms with Crippen LogP contribution in [0, 0.1) is 6.92 Å². The number of ether oxygens (including phenoxy) is 1. The molecule has 146 valence electrons. The maximum Gasteiger partial charge on any atom is 0.120 e. The van der Waals surface area contributed by atoms with Gasteiger partial charge in [-0.1, -0.05) is 55.0 Å². The first-order chi connectivity index (χ1) is 13.0. The summed E-state index contributed by atoms with van der Waals surface area (Å²) in [6.45, 7) is 9.05. The predicted molar refractivity (Wildman–Crippen MR) is 111 cm³/mol. The molecule has 0 unspecified atom stereocenters. The van der Waals surface area contributed by atoms with Gasteiger partial charge in [-0.2, -0.15) is 0 Å². The minimum atomic E-state index is -0.0547.